The molecule has 9 heteroatoms. The molecule has 1 fully saturated rings. The lowest BCUT2D eigenvalue weighted by atomic mass is 10.1. The summed E-state index contributed by atoms with van der Waals surface area (Å²) < 4.78 is 34.9. The highest BCUT2D eigenvalue weighted by Gasteiger charge is 2.27. The lowest BCUT2D eigenvalue weighted by Gasteiger charge is -2.26. The summed E-state index contributed by atoms with van der Waals surface area (Å²) in [5, 5.41) is 4.12. The first-order valence-corrected chi connectivity index (χ1v) is 13.3. The molecule has 2 aromatic heterocycles. The van der Waals surface area contributed by atoms with E-state index in [4.69, 9.17) is 4.74 Å². The smallest absolute Gasteiger partial charge is 0.243 e. The van der Waals surface area contributed by atoms with Crippen molar-refractivity contribution in [3.05, 3.63) is 69.7 Å². The van der Waals surface area contributed by atoms with Crippen molar-refractivity contribution < 1.29 is 17.9 Å². The standard InChI is InChI=1S/C24H29N3O4S2/c1-18-13-23(24(28)16-25(3)15-20-7-12-32-17-20)19(2)27(18)21-5-4-6-22(14-21)33(29,30)26-8-10-31-11-9-26/h4-7,12-14,17H,8-11,15-16H2,1-3H3. The second-order valence-corrected chi connectivity index (χ2v) is 11.1. The molecule has 0 radical (unpaired) electrons. The van der Waals surface area contributed by atoms with Gasteiger partial charge in [-0.2, -0.15) is 15.6 Å². The number of hydrogen-bond donors (Lipinski definition) is 0. The van der Waals surface area contributed by atoms with Crippen molar-refractivity contribution in [2.24, 2.45) is 0 Å². The van der Waals surface area contributed by atoms with Gasteiger partial charge in [-0.05, 0) is 67.6 Å². The minimum atomic E-state index is -3.60. The number of nitrogens with zero attached hydrogens (tertiary/aromatic N) is 3. The highest BCUT2D eigenvalue weighted by Crippen LogP contribution is 2.25. The predicted molar refractivity (Wildman–Crippen MR) is 130 cm³/mol. The van der Waals surface area contributed by atoms with Crippen molar-refractivity contribution in [2.45, 2.75) is 25.3 Å². The summed E-state index contributed by atoms with van der Waals surface area (Å²) in [6.45, 7) is 6.38. The number of hydrogen-bond acceptors (Lipinski definition) is 6. The summed E-state index contributed by atoms with van der Waals surface area (Å²) in [5.74, 6) is 0.0455. The molecule has 0 unspecified atom stereocenters. The Morgan fingerprint density at radius 3 is 2.61 bits per heavy atom. The van der Waals surface area contributed by atoms with Crippen LogP contribution in [0.25, 0.3) is 5.69 Å². The van der Waals surface area contributed by atoms with Crippen LogP contribution in [0.5, 0.6) is 0 Å². The summed E-state index contributed by atoms with van der Waals surface area (Å²) in [6, 6.07) is 10.9. The molecule has 3 aromatic rings. The van der Waals surface area contributed by atoms with E-state index in [9.17, 15) is 13.2 Å². The third-order valence-corrected chi connectivity index (χ3v) is 8.49. The Labute approximate surface area is 199 Å². The van der Waals surface area contributed by atoms with Crippen LogP contribution in [-0.2, 0) is 21.3 Å². The predicted octanol–water partition coefficient (Wildman–Crippen LogP) is 3.49. The van der Waals surface area contributed by atoms with Crippen molar-refractivity contribution >= 4 is 27.1 Å². The summed E-state index contributed by atoms with van der Waals surface area (Å²) in [4.78, 5) is 15.3. The third kappa shape index (κ3) is 5.12. The van der Waals surface area contributed by atoms with Crippen LogP contribution in [0.4, 0.5) is 0 Å². The minimum absolute atomic E-state index is 0.0455. The van der Waals surface area contributed by atoms with Gasteiger partial charge in [-0.25, -0.2) is 8.42 Å². The maximum atomic E-state index is 13.1. The molecule has 1 aliphatic heterocycles. The van der Waals surface area contributed by atoms with Crippen LogP contribution in [0.1, 0.15) is 27.3 Å². The molecule has 7 nitrogen and oxygen atoms in total. The van der Waals surface area contributed by atoms with Crippen LogP contribution >= 0.6 is 11.3 Å². The number of likely N-dealkylation sites (N-methyl/N-ethyl adjacent to an activating group) is 1. The van der Waals surface area contributed by atoms with Crippen LogP contribution in [0, 0.1) is 13.8 Å². The number of carbonyl (C=O) groups is 1. The minimum Gasteiger partial charge on any atom is -0.379 e. The van der Waals surface area contributed by atoms with Crippen LogP contribution in [0.15, 0.2) is 52.1 Å². The zero-order chi connectivity index (χ0) is 23.6. The number of sulfonamides is 1. The summed E-state index contributed by atoms with van der Waals surface area (Å²) in [7, 11) is -1.66. The molecule has 0 N–H and O–H groups in total. The Balaban J connectivity index is 1.58. The van der Waals surface area contributed by atoms with E-state index in [1.54, 1.807) is 29.5 Å². The first-order chi connectivity index (χ1) is 15.8. The van der Waals surface area contributed by atoms with Gasteiger partial charge in [0.15, 0.2) is 5.78 Å². The summed E-state index contributed by atoms with van der Waals surface area (Å²) >= 11 is 1.65. The molecule has 3 heterocycles. The van der Waals surface area contributed by atoms with E-state index >= 15 is 0 Å². The van der Waals surface area contributed by atoms with Gasteiger partial charge in [-0.15, -0.1) is 0 Å². The first-order valence-electron chi connectivity index (χ1n) is 10.9. The molecule has 0 aliphatic carbocycles. The first kappa shape index (κ1) is 23.8. The summed E-state index contributed by atoms with van der Waals surface area (Å²) in [5.41, 5.74) is 4.27. The molecule has 0 saturated carbocycles. The number of aromatic nitrogens is 1. The van der Waals surface area contributed by atoms with E-state index in [0.29, 0.717) is 38.4 Å². The lowest BCUT2D eigenvalue weighted by molar-refractivity contribution is 0.0730. The Bertz CT molecular complexity index is 1230. The van der Waals surface area contributed by atoms with E-state index in [0.717, 1.165) is 23.6 Å². The normalized spacial score (nSPS) is 15.3. The fourth-order valence-electron chi connectivity index (χ4n) is 4.24. The van der Waals surface area contributed by atoms with Crippen molar-refractivity contribution in [3.8, 4) is 5.69 Å². The SMILES string of the molecule is Cc1cc(C(=O)CN(C)Cc2ccsc2)c(C)n1-c1cccc(S(=O)(=O)N2CCOCC2)c1. The Morgan fingerprint density at radius 1 is 1.15 bits per heavy atom. The molecule has 0 atom stereocenters. The highest BCUT2D eigenvalue weighted by atomic mass is 32.2. The van der Waals surface area contributed by atoms with Crippen molar-refractivity contribution in [1.29, 1.82) is 0 Å². The Hall–Kier alpha value is -2.30. The van der Waals surface area contributed by atoms with Gasteiger partial charge in [-0.3, -0.25) is 9.69 Å². The molecular weight excluding hydrogens is 458 g/mol. The third-order valence-electron chi connectivity index (χ3n) is 5.86. The number of Topliss-reactive ketones (excluding diaryl/α,β-unsaturated/α-hetero) is 1. The zero-order valence-corrected chi connectivity index (χ0v) is 20.8. The fourth-order valence-corrected chi connectivity index (χ4v) is 6.35. The van der Waals surface area contributed by atoms with Crippen molar-refractivity contribution in [3.63, 3.8) is 0 Å². The van der Waals surface area contributed by atoms with E-state index < -0.39 is 10.0 Å². The number of rotatable bonds is 8. The van der Waals surface area contributed by atoms with Gasteiger partial charge in [0.2, 0.25) is 10.0 Å². The lowest BCUT2D eigenvalue weighted by Crippen LogP contribution is -2.40. The van der Waals surface area contributed by atoms with Crippen molar-refractivity contribution in [2.75, 3.05) is 39.9 Å². The molecule has 4 rings (SSSR count). The van der Waals surface area contributed by atoms with Crippen molar-refractivity contribution in [1.82, 2.24) is 13.8 Å². The van der Waals surface area contributed by atoms with Crippen LogP contribution < -0.4 is 0 Å². The zero-order valence-electron chi connectivity index (χ0n) is 19.2. The van der Waals surface area contributed by atoms with Gasteiger partial charge in [0.05, 0.1) is 24.7 Å². The number of carbonyl (C=O) groups excluding carboxylic acids is 1. The number of benzene rings is 1. The van der Waals surface area contributed by atoms with Crippen LogP contribution in [-0.4, -0.2) is 67.9 Å². The molecular formula is C24H29N3O4S2. The van der Waals surface area contributed by atoms with E-state index in [1.807, 2.05) is 47.9 Å². The summed E-state index contributed by atoms with van der Waals surface area (Å²) in [6.07, 6.45) is 0. The molecule has 1 aliphatic rings. The van der Waals surface area contributed by atoms with Gasteiger partial charge >= 0.3 is 0 Å². The van der Waals surface area contributed by atoms with E-state index in [2.05, 4.69) is 11.4 Å². The Morgan fingerprint density at radius 2 is 1.91 bits per heavy atom. The van der Waals surface area contributed by atoms with Gasteiger partial charge < -0.3 is 9.30 Å². The molecule has 0 bridgehead atoms. The number of ketones is 1. The van der Waals surface area contributed by atoms with Crippen LogP contribution in [0.3, 0.4) is 0 Å². The molecule has 1 aromatic carbocycles. The quantitative estimate of drug-likeness (QED) is 0.455. The number of aryl methyl sites for hydroxylation is 1. The number of ether oxygens (including phenoxy) is 1. The molecule has 0 amide bonds. The second-order valence-electron chi connectivity index (χ2n) is 8.36. The number of morpholine rings is 1. The van der Waals surface area contributed by atoms with Gasteiger partial charge in [0.1, 0.15) is 0 Å². The van der Waals surface area contributed by atoms with Crippen LogP contribution in [0.2, 0.25) is 0 Å². The van der Waals surface area contributed by atoms with Gasteiger partial charge in [0, 0.05) is 42.3 Å². The Kier molecular flexibility index (Phi) is 7.16. The fraction of sp³-hybridized carbons (Fsp3) is 0.375. The van der Waals surface area contributed by atoms with E-state index in [-0.39, 0.29) is 10.7 Å². The monoisotopic (exact) mass is 487 g/mol. The van der Waals surface area contributed by atoms with Gasteiger partial charge in [0.25, 0.3) is 0 Å². The highest BCUT2D eigenvalue weighted by molar-refractivity contribution is 7.89. The number of thiophene rings is 1. The maximum Gasteiger partial charge on any atom is 0.243 e. The van der Waals surface area contributed by atoms with Gasteiger partial charge in [-0.1, -0.05) is 6.07 Å². The average Bonchev–Trinajstić information content (AvgIpc) is 3.41. The topological polar surface area (TPSA) is 71.9 Å². The second kappa shape index (κ2) is 9.90. The maximum absolute atomic E-state index is 13.1. The largest absolute Gasteiger partial charge is 0.379 e. The average molecular weight is 488 g/mol. The molecule has 176 valence electrons. The molecule has 0 spiro atoms. The molecule has 33 heavy (non-hydrogen) atoms. The van der Waals surface area contributed by atoms with E-state index in [1.165, 1.54) is 9.87 Å². The molecule has 1 saturated heterocycles.